The van der Waals surface area contributed by atoms with Crippen molar-refractivity contribution < 1.29 is 13.2 Å². The summed E-state index contributed by atoms with van der Waals surface area (Å²) in [4.78, 5) is 17.8. The van der Waals surface area contributed by atoms with Crippen molar-refractivity contribution in [3.63, 3.8) is 0 Å². The molecule has 5 aromatic rings. The summed E-state index contributed by atoms with van der Waals surface area (Å²) in [5, 5.41) is 19.3. The first kappa shape index (κ1) is 26.1. The van der Waals surface area contributed by atoms with Crippen LogP contribution in [0.3, 0.4) is 0 Å². The molecule has 40 heavy (non-hydrogen) atoms. The Balaban J connectivity index is 1.29. The van der Waals surface area contributed by atoms with Crippen LogP contribution in [-0.2, 0) is 17.1 Å². The second-order valence-corrected chi connectivity index (χ2v) is 12.2. The lowest BCUT2D eigenvalue weighted by Crippen LogP contribution is -2.28. The van der Waals surface area contributed by atoms with Crippen molar-refractivity contribution in [3.05, 3.63) is 71.7 Å². The molecule has 0 atom stereocenters. The van der Waals surface area contributed by atoms with Crippen LogP contribution in [0.1, 0.15) is 34.5 Å². The van der Waals surface area contributed by atoms with Crippen LogP contribution in [0.5, 0.6) is 0 Å². The third kappa shape index (κ3) is 4.74. The molecular weight excluding hydrogens is 550 g/mol. The van der Waals surface area contributed by atoms with E-state index in [1.165, 1.54) is 34.4 Å². The monoisotopic (exact) mass is 575 g/mol. The number of para-hydroxylation sites is 1. The molecular formula is C26H25N9O3S2. The van der Waals surface area contributed by atoms with E-state index in [4.69, 9.17) is 4.98 Å². The fourth-order valence-electron chi connectivity index (χ4n) is 4.57. The highest BCUT2D eigenvalue weighted by atomic mass is 32.2. The maximum absolute atomic E-state index is 12.9. The summed E-state index contributed by atoms with van der Waals surface area (Å²) in [5.41, 5.74) is 5.44. The van der Waals surface area contributed by atoms with E-state index in [9.17, 15) is 13.2 Å². The summed E-state index contributed by atoms with van der Waals surface area (Å²) in [6, 6.07) is 13.8. The molecule has 0 spiro atoms. The van der Waals surface area contributed by atoms with Crippen molar-refractivity contribution in [2.45, 2.75) is 34.8 Å². The zero-order valence-electron chi connectivity index (χ0n) is 21.7. The lowest BCUT2D eigenvalue weighted by molar-refractivity contribution is 0.0955. The van der Waals surface area contributed by atoms with Crippen LogP contribution in [0, 0.1) is 6.92 Å². The summed E-state index contributed by atoms with van der Waals surface area (Å²) in [6.07, 6.45) is 4.80. The highest BCUT2D eigenvalue weighted by Crippen LogP contribution is 2.32. The average Bonchev–Trinajstić information content (AvgIpc) is 3.71. The van der Waals surface area contributed by atoms with Gasteiger partial charge in [0.15, 0.2) is 10.8 Å². The molecule has 1 aliphatic heterocycles. The van der Waals surface area contributed by atoms with Gasteiger partial charge in [-0.1, -0.05) is 24.3 Å². The van der Waals surface area contributed by atoms with Gasteiger partial charge in [0, 0.05) is 31.1 Å². The number of benzene rings is 2. The molecule has 1 N–H and O–H groups in total. The second kappa shape index (κ2) is 10.4. The number of aromatic nitrogens is 6. The smallest absolute Gasteiger partial charge is 0.271 e. The summed E-state index contributed by atoms with van der Waals surface area (Å²) in [7, 11) is -1.78. The minimum absolute atomic E-state index is 0.0912. The number of nitrogens with one attached hydrogen (secondary N) is 1. The number of nitrogens with zero attached hydrogens (tertiary/aromatic N) is 8. The molecule has 6 rings (SSSR count). The van der Waals surface area contributed by atoms with Crippen LogP contribution < -0.4 is 5.43 Å². The molecule has 1 fully saturated rings. The molecule has 4 heterocycles. The molecule has 14 heteroatoms. The van der Waals surface area contributed by atoms with E-state index in [0.717, 1.165) is 28.8 Å². The number of rotatable bonds is 7. The van der Waals surface area contributed by atoms with Crippen LogP contribution in [0.15, 0.2) is 75.0 Å². The normalized spacial score (nSPS) is 14.6. The summed E-state index contributed by atoms with van der Waals surface area (Å²) < 4.78 is 30.9. The van der Waals surface area contributed by atoms with E-state index >= 15 is 0 Å². The SMILES string of the molecule is Cc1nn2c(nc(Sc3nncn3C)c3ccccc32)c1/C=N/NC(=O)c1cccc(S(=O)(=O)N2CCCC2)c1. The predicted octanol–water partition coefficient (Wildman–Crippen LogP) is 3.02. The standard InChI is InChI=1S/C26H25N9O3S2/c1-17-21(15-27-30-24(36)18-8-7-9-19(14-18)40(37,38)34-12-5-6-13-34)23-29-25(39-26-31-28-16-33(26)2)20-10-3-4-11-22(20)35(23)32-17/h3-4,7-11,14-16H,5-6,12-13H2,1-2H3,(H,30,36)/b27-15+. The van der Waals surface area contributed by atoms with Crippen molar-refractivity contribution in [1.29, 1.82) is 0 Å². The highest BCUT2D eigenvalue weighted by Gasteiger charge is 2.27. The Bertz CT molecular complexity index is 1890. The van der Waals surface area contributed by atoms with E-state index in [1.807, 2.05) is 42.8 Å². The van der Waals surface area contributed by atoms with Gasteiger partial charge < -0.3 is 4.57 Å². The fraction of sp³-hybridized carbons (Fsp3) is 0.231. The van der Waals surface area contributed by atoms with Gasteiger partial charge in [-0.05, 0) is 55.8 Å². The van der Waals surface area contributed by atoms with Crippen LogP contribution in [0.25, 0.3) is 16.6 Å². The Hall–Kier alpha value is -4.14. The van der Waals surface area contributed by atoms with Crippen molar-refractivity contribution in [1.82, 2.24) is 39.1 Å². The molecule has 3 aromatic heterocycles. The van der Waals surface area contributed by atoms with Gasteiger partial charge in [0.25, 0.3) is 5.91 Å². The van der Waals surface area contributed by atoms with E-state index < -0.39 is 15.9 Å². The Morgan fingerprint density at radius 1 is 1.12 bits per heavy atom. The Kier molecular flexibility index (Phi) is 6.82. The number of aryl methyl sites for hydroxylation is 2. The number of hydrazone groups is 1. The molecule has 0 bridgehead atoms. The third-order valence-corrected chi connectivity index (χ3v) is 9.62. The zero-order valence-corrected chi connectivity index (χ0v) is 23.4. The highest BCUT2D eigenvalue weighted by molar-refractivity contribution is 7.99. The van der Waals surface area contributed by atoms with Gasteiger partial charge in [-0.2, -0.15) is 14.5 Å². The minimum Gasteiger partial charge on any atom is -0.311 e. The average molecular weight is 576 g/mol. The largest absolute Gasteiger partial charge is 0.311 e. The summed E-state index contributed by atoms with van der Waals surface area (Å²) in [6.45, 7) is 2.82. The maximum Gasteiger partial charge on any atom is 0.271 e. The molecule has 12 nitrogen and oxygen atoms in total. The first-order chi connectivity index (χ1) is 19.3. The van der Waals surface area contributed by atoms with E-state index in [1.54, 1.807) is 23.0 Å². The third-order valence-electron chi connectivity index (χ3n) is 6.67. The van der Waals surface area contributed by atoms with Crippen LogP contribution in [-0.4, -0.2) is 67.3 Å². The zero-order chi connectivity index (χ0) is 27.9. The number of carbonyl (C=O) groups excluding carboxylic acids is 1. The second-order valence-electron chi connectivity index (χ2n) is 9.33. The molecule has 0 saturated carbocycles. The van der Waals surface area contributed by atoms with E-state index in [0.29, 0.717) is 35.2 Å². The van der Waals surface area contributed by atoms with Crippen molar-refractivity contribution in [3.8, 4) is 0 Å². The summed E-state index contributed by atoms with van der Waals surface area (Å²) in [5.74, 6) is -0.527. The number of carbonyl (C=O) groups is 1. The van der Waals surface area contributed by atoms with Crippen LogP contribution >= 0.6 is 11.8 Å². The number of sulfonamides is 1. The first-order valence-electron chi connectivity index (χ1n) is 12.6. The van der Waals surface area contributed by atoms with Crippen LogP contribution in [0.4, 0.5) is 0 Å². The number of amides is 1. The van der Waals surface area contributed by atoms with Gasteiger partial charge in [-0.15, -0.1) is 10.2 Å². The Morgan fingerprint density at radius 2 is 1.93 bits per heavy atom. The van der Waals surface area contributed by atoms with Gasteiger partial charge in [0.05, 0.1) is 27.9 Å². The van der Waals surface area contributed by atoms with Gasteiger partial charge >= 0.3 is 0 Å². The molecule has 1 amide bonds. The van der Waals surface area contributed by atoms with Crippen molar-refractivity contribution in [2.24, 2.45) is 12.1 Å². The molecule has 0 unspecified atom stereocenters. The summed E-state index contributed by atoms with van der Waals surface area (Å²) >= 11 is 1.39. The molecule has 2 aromatic carbocycles. The quantitative estimate of drug-likeness (QED) is 0.177. The fourth-order valence-corrected chi connectivity index (χ4v) is 7.00. The number of hydrogen-bond acceptors (Lipinski definition) is 9. The van der Waals surface area contributed by atoms with Crippen molar-refractivity contribution in [2.75, 3.05) is 13.1 Å². The minimum atomic E-state index is -3.64. The molecule has 1 aliphatic rings. The Labute approximate surface area is 234 Å². The molecule has 0 aliphatic carbocycles. The molecule has 204 valence electrons. The van der Waals surface area contributed by atoms with Gasteiger partial charge in [-0.25, -0.2) is 23.3 Å². The molecule has 1 saturated heterocycles. The number of fused-ring (bicyclic) bond motifs is 3. The topological polar surface area (TPSA) is 140 Å². The van der Waals surface area contributed by atoms with Crippen LogP contribution in [0.2, 0.25) is 0 Å². The van der Waals surface area contributed by atoms with Gasteiger partial charge in [0.2, 0.25) is 10.0 Å². The van der Waals surface area contributed by atoms with Gasteiger partial charge in [-0.3, -0.25) is 4.79 Å². The predicted molar refractivity (Wildman–Crippen MR) is 150 cm³/mol. The lowest BCUT2D eigenvalue weighted by atomic mass is 10.2. The van der Waals surface area contributed by atoms with Crippen molar-refractivity contribution >= 4 is 50.5 Å². The lowest BCUT2D eigenvalue weighted by Gasteiger charge is -2.15. The maximum atomic E-state index is 12.9. The van der Waals surface area contributed by atoms with E-state index in [2.05, 4.69) is 25.8 Å². The van der Waals surface area contributed by atoms with Gasteiger partial charge in [0.1, 0.15) is 11.4 Å². The van der Waals surface area contributed by atoms with E-state index in [-0.39, 0.29) is 10.5 Å². The first-order valence-corrected chi connectivity index (χ1v) is 14.8. The number of hydrogen-bond donors (Lipinski definition) is 1. The molecule has 0 radical (unpaired) electrons. The Morgan fingerprint density at radius 3 is 2.70 bits per heavy atom.